The summed E-state index contributed by atoms with van der Waals surface area (Å²) in [5.74, 6) is 2.51. The van der Waals surface area contributed by atoms with Crippen molar-refractivity contribution >= 4 is 33.8 Å². The van der Waals surface area contributed by atoms with Gasteiger partial charge in [0.2, 0.25) is 5.95 Å². The lowest BCUT2D eigenvalue weighted by Gasteiger charge is -2.24. The van der Waals surface area contributed by atoms with Gasteiger partial charge in [0.05, 0.1) is 26.3 Å². The quantitative estimate of drug-likeness (QED) is 0.648. The molecule has 2 atom stereocenters. The SMILES string of the molecule is COc1cc([C@H](C)Nc2nccc(N3C(=O)OC[C@@H]3C(C)C)n2)cc(OC)c1Br. The van der Waals surface area contributed by atoms with Gasteiger partial charge in [0.15, 0.2) is 0 Å². The number of ether oxygens (including phenoxy) is 3. The number of hydrogen-bond acceptors (Lipinski definition) is 7. The topological polar surface area (TPSA) is 85.8 Å². The Morgan fingerprint density at radius 1 is 1.24 bits per heavy atom. The van der Waals surface area contributed by atoms with Crippen molar-refractivity contribution < 1.29 is 19.0 Å². The van der Waals surface area contributed by atoms with E-state index in [1.54, 1.807) is 31.4 Å². The van der Waals surface area contributed by atoms with E-state index in [1.165, 1.54) is 0 Å². The Hall–Kier alpha value is -2.55. The summed E-state index contributed by atoms with van der Waals surface area (Å²) in [6, 6.07) is 5.36. The van der Waals surface area contributed by atoms with Crippen molar-refractivity contribution in [2.75, 3.05) is 31.0 Å². The molecule has 1 aromatic heterocycles. The third-order valence-electron chi connectivity index (χ3n) is 4.88. The van der Waals surface area contributed by atoms with Crippen LogP contribution in [0.2, 0.25) is 0 Å². The molecule has 1 fully saturated rings. The molecule has 8 nitrogen and oxygen atoms in total. The number of carbonyl (C=O) groups is 1. The molecular formula is C20H25BrN4O4. The highest BCUT2D eigenvalue weighted by atomic mass is 79.9. The Bertz CT molecular complexity index is 868. The van der Waals surface area contributed by atoms with E-state index in [4.69, 9.17) is 14.2 Å². The normalized spacial score (nSPS) is 17.3. The molecule has 0 radical (unpaired) electrons. The zero-order chi connectivity index (χ0) is 21.1. The van der Waals surface area contributed by atoms with E-state index in [0.29, 0.717) is 29.9 Å². The average molecular weight is 465 g/mol. The maximum absolute atomic E-state index is 12.2. The molecule has 2 aromatic rings. The monoisotopic (exact) mass is 464 g/mol. The van der Waals surface area contributed by atoms with Crippen molar-refractivity contribution in [1.29, 1.82) is 0 Å². The number of nitrogens with zero attached hydrogens (tertiary/aromatic N) is 3. The Labute approximate surface area is 178 Å². The highest BCUT2D eigenvalue weighted by Gasteiger charge is 2.37. The van der Waals surface area contributed by atoms with Gasteiger partial charge in [-0.3, -0.25) is 4.90 Å². The molecule has 1 saturated heterocycles. The molecule has 0 unspecified atom stereocenters. The molecule has 156 valence electrons. The largest absolute Gasteiger partial charge is 0.495 e. The lowest BCUT2D eigenvalue weighted by atomic mass is 10.0. The number of halogens is 1. The summed E-state index contributed by atoms with van der Waals surface area (Å²) in [5.41, 5.74) is 0.941. The lowest BCUT2D eigenvalue weighted by molar-refractivity contribution is 0.177. The maximum atomic E-state index is 12.2. The number of aromatic nitrogens is 2. The molecule has 0 saturated carbocycles. The van der Waals surface area contributed by atoms with Gasteiger partial charge in [-0.15, -0.1) is 0 Å². The molecule has 1 N–H and O–H groups in total. The summed E-state index contributed by atoms with van der Waals surface area (Å²) >= 11 is 3.48. The number of rotatable bonds is 7. The minimum absolute atomic E-state index is 0.0531. The van der Waals surface area contributed by atoms with Gasteiger partial charge < -0.3 is 19.5 Å². The highest BCUT2D eigenvalue weighted by Crippen LogP contribution is 2.37. The number of amides is 1. The van der Waals surface area contributed by atoms with Gasteiger partial charge >= 0.3 is 6.09 Å². The molecular weight excluding hydrogens is 440 g/mol. The molecule has 0 aliphatic carbocycles. The lowest BCUT2D eigenvalue weighted by Crippen LogP contribution is -2.37. The fourth-order valence-electron chi connectivity index (χ4n) is 3.16. The second-order valence-electron chi connectivity index (χ2n) is 7.10. The minimum Gasteiger partial charge on any atom is -0.495 e. The van der Waals surface area contributed by atoms with Crippen LogP contribution in [0.1, 0.15) is 32.4 Å². The molecule has 0 bridgehead atoms. The van der Waals surface area contributed by atoms with Crippen LogP contribution >= 0.6 is 15.9 Å². The van der Waals surface area contributed by atoms with Crippen molar-refractivity contribution in [3.8, 4) is 11.5 Å². The molecule has 9 heteroatoms. The summed E-state index contributed by atoms with van der Waals surface area (Å²) in [7, 11) is 3.21. The molecule has 1 aromatic carbocycles. The number of methoxy groups -OCH3 is 2. The molecule has 1 amide bonds. The summed E-state index contributed by atoms with van der Waals surface area (Å²) in [6.07, 6.45) is 1.24. The van der Waals surface area contributed by atoms with Gasteiger partial charge in [-0.25, -0.2) is 9.78 Å². The van der Waals surface area contributed by atoms with Crippen LogP contribution in [-0.4, -0.2) is 42.9 Å². The van der Waals surface area contributed by atoms with Crippen molar-refractivity contribution in [3.63, 3.8) is 0 Å². The fraction of sp³-hybridized carbons (Fsp3) is 0.450. The molecule has 29 heavy (non-hydrogen) atoms. The number of benzene rings is 1. The predicted octanol–water partition coefficient (Wildman–Crippen LogP) is 4.41. The Balaban J connectivity index is 1.84. The minimum atomic E-state index is -0.385. The van der Waals surface area contributed by atoms with Crippen LogP contribution in [0.3, 0.4) is 0 Å². The molecule has 2 heterocycles. The fourth-order valence-corrected chi connectivity index (χ4v) is 3.71. The standard InChI is InChI=1S/C20H25BrN4O4/c1-11(2)14-10-29-20(26)25(14)17-6-7-22-19(24-17)23-12(3)13-8-15(27-4)18(21)16(9-13)28-5/h6-9,11-12,14H,10H2,1-5H3,(H,22,23,24)/t12-,14+/m0/s1. The molecule has 3 rings (SSSR count). The van der Waals surface area contributed by atoms with E-state index in [9.17, 15) is 4.79 Å². The first-order valence-electron chi connectivity index (χ1n) is 9.32. The van der Waals surface area contributed by atoms with Gasteiger partial charge in [-0.05, 0) is 52.5 Å². The van der Waals surface area contributed by atoms with Gasteiger partial charge in [-0.2, -0.15) is 4.98 Å². The van der Waals surface area contributed by atoms with Gasteiger partial charge in [0.1, 0.15) is 28.4 Å². The van der Waals surface area contributed by atoms with E-state index >= 15 is 0 Å². The predicted molar refractivity (Wildman–Crippen MR) is 114 cm³/mol. The van der Waals surface area contributed by atoms with E-state index in [2.05, 4.69) is 45.1 Å². The van der Waals surface area contributed by atoms with Crippen LogP contribution in [-0.2, 0) is 4.74 Å². The number of anilines is 2. The van der Waals surface area contributed by atoms with Crippen LogP contribution in [0.25, 0.3) is 0 Å². The second-order valence-corrected chi connectivity index (χ2v) is 7.90. The zero-order valence-electron chi connectivity index (χ0n) is 17.1. The van der Waals surface area contributed by atoms with E-state index in [-0.39, 0.29) is 24.1 Å². The average Bonchev–Trinajstić information content (AvgIpc) is 3.10. The maximum Gasteiger partial charge on any atom is 0.415 e. The van der Waals surface area contributed by atoms with Crippen molar-refractivity contribution in [3.05, 3.63) is 34.4 Å². The van der Waals surface area contributed by atoms with Crippen molar-refractivity contribution in [2.45, 2.75) is 32.9 Å². The summed E-state index contributed by atoms with van der Waals surface area (Å²) in [5, 5.41) is 3.28. The first kappa shape index (κ1) is 21.2. The second kappa shape index (κ2) is 8.86. The van der Waals surface area contributed by atoms with E-state index < -0.39 is 0 Å². The first-order chi connectivity index (χ1) is 13.8. The highest BCUT2D eigenvalue weighted by molar-refractivity contribution is 9.10. The number of hydrogen-bond donors (Lipinski definition) is 1. The summed E-state index contributed by atoms with van der Waals surface area (Å²) in [6.45, 7) is 6.45. The van der Waals surface area contributed by atoms with Gasteiger partial charge in [0.25, 0.3) is 0 Å². The smallest absolute Gasteiger partial charge is 0.415 e. The number of carbonyl (C=O) groups excluding carboxylic acids is 1. The number of nitrogens with one attached hydrogen (secondary N) is 1. The molecule has 0 spiro atoms. The zero-order valence-corrected chi connectivity index (χ0v) is 18.7. The van der Waals surface area contributed by atoms with Crippen molar-refractivity contribution in [1.82, 2.24) is 9.97 Å². The van der Waals surface area contributed by atoms with Gasteiger partial charge in [-0.1, -0.05) is 13.8 Å². The Morgan fingerprint density at radius 3 is 2.48 bits per heavy atom. The molecule has 1 aliphatic heterocycles. The van der Waals surface area contributed by atoms with Crippen LogP contribution in [0.4, 0.5) is 16.6 Å². The van der Waals surface area contributed by atoms with E-state index in [0.717, 1.165) is 10.0 Å². The number of cyclic esters (lactones) is 1. The molecule has 1 aliphatic rings. The Kier molecular flexibility index (Phi) is 6.46. The van der Waals surface area contributed by atoms with Crippen LogP contribution in [0.15, 0.2) is 28.9 Å². The van der Waals surface area contributed by atoms with Crippen LogP contribution in [0, 0.1) is 5.92 Å². The van der Waals surface area contributed by atoms with Crippen molar-refractivity contribution in [2.24, 2.45) is 5.92 Å². The summed E-state index contributed by atoms with van der Waals surface area (Å²) < 4.78 is 16.8. The van der Waals surface area contributed by atoms with Crippen LogP contribution < -0.4 is 19.7 Å². The Morgan fingerprint density at radius 2 is 1.90 bits per heavy atom. The van der Waals surface area contributed by atoms with E-state index in [1.807, 2.05) is 19.1 Å². The first-order valence-corrected chi connectivity index (χ1v) is 10.1. The summed E-state index contributed by atoms with van der Waals surface area (Å²) in [4.78, 5) is 22.6. The third-order valence-corrected chi connectivity index (χ3v) is 5.66. The van der Waals surface area contributed by atoms with Crippen LogP contribution in [0.5, 0.6) is 11.5 Å². The van der Waals surface area contributed by atoms with Gasteiger partial charge in [0, 0.05) is 6.20 Å². The third kappa shape index (κ3) is 4.39.